The van der Waals surface area contributed by atoms with Crippen molar-refractivity contribution in [2.75, 3.05) is 16.8 Å². The van der Waals surface area contributed by atoms with Gasteiger partial charge in [0, 0.05) is 24.2 Å². The largest absolute Gasteiger partial charge is 0.489 e. The van der Waals surface area contributed by atoms with E-state index in [4.69, 9.17) is 10.00 Å². The van der Waals surface area contributed by atoms with Crippen LogP contribution in [-0.4, -0.2) is 18.4 Å². The van der Waals surface area contributed by atoms with Gasteiger partial charge < -0.3 is 15.0 Å². The van der Waals surface area contributed by atoms with Crippen molar-refractivity contribution in [2.45, 2.75) is 19.4 Å². The minimum Gasteiger partial charge on any atom is -0.489 e. The maximum Gasteiger partial charge on any atom is 0.255 e. The number of hydrogen-bond acceptors (Lipinski definition) is 4. The van der Waals surface area contributed by atoms with Crippen molar-refractivity contribution in [3.8, 4) is 11.8 Å². The van der Waals surface area contributed by atoms with Crippen LogP contribution in [0.2, 0.25) is 0 Å². The summed E-state index contributed by atoms with van der Waals surface area (Å²) in [4.78, 5) is 25.9. The number of nitriles is 1. The van der Waals surface area contributed by atoms with Gasteiger partial charge in [-0.3, -0.25) is 9.59 Å². The van der Waals surface area contributed by atoms with Gasteiger partial charge >= 0.3 is 0 Å². The van der Waals surface area contributed by atoms with Crippen molar-refractivity contribution in [3.05, 3.63) is 89.2 Å². The molecular formula is C25H20FN3O3. The molecule has 0 unspecified atom stereocenters. The molecule has 3 aromatic rings. The molecule has 1 N–H and O–H groups in total. The average Bonchev–Trinajstić information content (AvgIpc) is 3.24. The first-order valence-electron chi connectivity index (χ1n) is 10.2. The van der Waals surface area contributed by atoms with E-state index in [1.54, 1.807) is 48.5 Å². The zero-order chi connectivity index (χ0) is 22.5. The van der Waals surface area contributed by atoms with E-state index in [2.05, 4.69) is 5.32 Å². The van der Waals surface area contributed by atoms with Crippen LogP contribution >= 0.6 is 0 Å². The zero-order valence-corrected chi connectivity index (χ0v) is 17.2. The van der Waals surface area contributed by atoms with Gasteiger partial charge in [-0.15, -0.1) is 0 Å². The van der Waals surface area contributed by atoms with E-state index < -0.39 is 5.82 Å². The minimum atomic E-state index is -0.553. The summed E-state index contributed by atoms with van der Waals surface area (Å²) in [5.41, 5.74) is 2.28. The first kappa shape index (κ1) is 21.1. The van der Waals surface area contributed by atoms with Crippen molar-refractivity contribution in [2.24, 2.45) is 0 Å². The Hall–Kier alpha value is -4.18. The number of carbonyl (C=O) groups excluding carboxylic acids is 2. The molecule has 3 aromatic carbocycles. The third-order valence-electron chi connectivity index (χ3n) is 5.15. The molecule has 0 bridgehead atoms. The van der Waals surface area contributed by atoms with Gasteiger partial charge in [0.15, 0.2) is 0 Å². The van der Waals surface area contributed by atoms with Gasteiger partial charge in [-0.05, 0) is 66.6 Å². The molecule has 0 atom stereocenters. The summed E-state index contributed by atoms with van der Waals surface area (Å²) < 4.78 is 20.2. The van der Waals surface area contributed by atoms with Gasteiger partial charge in [-0.1, -0.05) is 12.1 Å². The van der Waals surface area contributed by atoms with Crippen LogP contribution in [-0.2, 0) is 11.4 Å². The summed E-state index contributed by atoms with van der Waals surface area (Å²) in [5, 5.41) is 11.5. The molecule has 0 radical (unpaired) electrons. The van der Waals surface area contributed by atoms with Gasteiger partial charge in [0.25, 0.3) is 5.91 Å². The van der Waals surface area contributed by atoms with Crippen molar-refractivity contribution < 1.29 is 18.7 Å². The summed E-state index contributed by atoms with van der Waals surface area (Å²) in [6.45, 7) is 0.749. The van der Waals surface area contributed by atoms with Crippen molar-refractivity contribution in [1.82, 2.24) is 0 Å². The molecule has 6 nitrogen and oxygen atoms in total. The number of amides is 2. The highest BCUT2D eigenvalue weighted by Gasteiger charge is 2.24. The fraction of sp³-hybridized carbons (Fsp3) is 0.160. The first-order valence-corrected chi connectivity index (χ1v) is 10.2. The second-order valence-corrected chi connectivity index (χ2v) is 7.39. The number of nitrogens with zero attached hydrogens (tertiary/aromatic N) is 2. The van der Waals surface area contributed by atoms with Gasteiger partial charge in [0.05, 0.1) is 17.3 Å². The quantitative estimate of drug-likeness (QED) is 0.618. The lowest BCUT2D eigenvalue weighted by Crippen LogP contribution is -2.24. The van der Waals surface area contributed by atoms with Crippen molar-refractivity contribution in [1.29, 1.82) is 5.26 Å². The lowest BCUT2D eigenvalue weighted by molar-refractivity contribution is -0.117. The average molecular weight is 429 g/mol. The third kappa shape index (κ3) is 4.76. The predicted molar refractivity (Wildman–Crippen MR) is 118 cm³/mol. The molecule has 0 saturated carbocycles. The molecule has 1 fully saturated rings. The van der Waals surface area contributed by atoms with E-state index in [1.807, 2.05) is 12.1 Å². The van der Waals surface area contributed by atoms with E-state index in [9.17, 15) is 14.0 Å². The Bertz CT molecular complexity index is 1200. The number of rotatable bonds is 6. The Morgan fingerprint density at radius 2 is 1.94 bits per heavy atom. The second kappa shape index (κ2) is 9.31. The first-order chi connectivity index (χ1) is 15.5. The highest BCUT2D eigenvalue weighted by Crippen LogP contribution is 2.27. The topological polar surface area (TPSA) is 82.4 Å². The van der Waals surface area contributed by atoms with Gasteiger partial charge in [-0.25, -0.2) is 4.39 Å². The van der Waals surface area contributed by atoms with Crippen LogP contribution in [0.1, 0.15) is 34.3 Å². The molecule has 1 aliphatic rings. The molecule has 0 aliphatic carbocycles. The van der Waals surface area contributed by atoms with E-state index in [0.29, 0.717) is 42.0 Å². The summed E-state index contributed by atoms with van der Waals surface area (Å²) >= 11 is 0. The SMILES string of the molecule is N#Cc1ccc(OCc2cccc(C(=O)Nc3ccc(N4CCCC4=O)c(F)c3)c2)cc1. The summed E-state index contributed by atoms with van der Waals surface area (Å²) in [6, 6.07) is 20.1. The van der Waals surface area contributed by atoms with Gasteiger partial charge in [0.2, 0.25) is 5.91 Å². The molecule has 0 spiro atoms. The number of benzene rings is 3. The lowest BCUT2D eigenvalue weighted by atomic mass is 10.1. The van der Waals surface area contributed by atoms with Gasteiger partial charge in [0.1, 0.15) is 18.2 Å². The molecule has 2 amide bonds. The van der Waals surface area contributed by atoms with Crippen molar-refractivity contribution >= 4 is 23.2 Å². The molecule has 1 heterocycles. The highest BCUT2D eigenvalue weighted by molar-refractivity contribution is 6.04. The number of halogens is 1. The van der Waals surface area contributed by atoms with Crippen LogP contribution in [0, 0.1) is 17.1 Å². The Kier molecular flexibility index (Phi) is 6.13. The zero-order valence-electron chi connectivity index (χ0n) is 17.2. The van der Waals surface area contributed by atoms with Crippen LogP contribution in [0.15, 0.2) is 66.7 Å². The third-order valence-corrected chi connectivity index (χ3v) is 5.15. The lowest BCUT2D eigenvalue weighted by Gasteiger charge is -2.17. The minimum absolute atomic E-state index is 0.0965. The number of ether oxygens (including phenoxy) is 1. The number of anilines is 2. The number of hydrogen-bond donors (Lipinski definition) is 1. The van der Waals surface area contributed by atoms with Crippen LogP contribution < -0.4 is 15.0 Å². The molecule has 32 heavy (non-hydrogen) atoms. The summed E-state index contributed by atoms with van der Waals surface area (Å²) in [5.74, 6) is -0.413. The van der Waals surface area contributed by atoms with E-state index in [0.717, 1.165) is 5.56 Å². The van der Waals surface area contributed by atoms with Gasteiger partial charge in [-0.2, -0.15) is 5.26 Å². The van der Waals surface area contributed by atoms with Crippen molar-refractivity contribution in [3.63, 3.8) is 0 Å². The van der Waals surface area contributed by atoms with Crippen LogP contribution in [0.4, 0.5) is 15.8 Å². The van der Waals surface area contributed by atoms with Crippen LogP contribution in [0.5, 0.6) is 5.75 Å². The fourth-order valence-corrected chi connectivity index (χ4v) is 3.50. The molecule has 1 saturated heterocycles. The molecule has 4 rings (SSSR count). The normalized spacial score (nSPS) is 13.0. The Balaban J connectivity index is 1.40. The van der Waals surface area contributed by atoms with Crippen LogP contribution in [0.25, 0.3) is 0 Å². The summed E-state index contributed by atoms with van der Waals surface area (Å²) in [6.07, 6.45) is 1.13. The maximum absolute atomic E-state index is 14.5. The monoisotopic (exact) mass is 429 g/mol. The Labute approximate surface area is 184 Å². The predicted octanol–water partition coefficient (Wildman–Crippen LogP) is 4.66. The Morgan fingerprint density at radius 3 is 2.62 bits per heavy atom. The van der Waals surface area contributed by atoms with Crippen LogP contribution in [0.3, 0.4) is 0 Å². The molecule has 1 aliphatic heterocycles. The summed E-state index contributed by atoms with van der Waals surface area (Å²) in [7, 11) is 0. The van der Waals surface area contributed by atoms with E-state index in [1.165, 1.54) is 17.0 Å². The standard InChI is InChI=1S/C25H20FN3O3/c26-22-14-20(8-11-23(22)29-12-2-5-24(29)30)28-25(31)19-4-1-3-18(13-19)16-32-21-9-6-17(15-27)7-10-21/h1,3-4,6-11,13-14H,2,5,12,16H2,(H,28,31). The fourth-order valence-electron chi connectivity index (χ4n) is 3.50. The Morgan fingerprint density at radius 1 is 1.12 bits per heavy atom. The molecule has 7 heteroatoms. The molecule has 160 valence electrons. The second-order valence-electron chi connectivity index (χ2n) is 7.39. The highest BCUT2D eigenvalue weighted by atomic mass is 19.1. The molecule has 0 aromatic heterocycles. The van der Waals surface area contributed by atoms with E-state index in [-0.39, 0.29) is 24.1 Å². The smallest absolute Gasteiger partial charge is 0.255 e. The number of carbonyl (C=O) groups is 2. The van der Waals surface area contributed by atoms with E-state index >= 15 is 0 Å². The molecular weight excluding hydrogens is 409 g/mol. The number of nitrogens with one attached hydrogen (secondary N) is 1. The maximum atomic E-state index is 14.5.